The number of ether oxygens (including phenoxy) is 2. The van der Waals surface area contributed by atoms with Crippen molar-refractivity contribution in [2.75, 3.05) is 20.3 Å². The number of aliphatic hydroxyl groups is 1. The van der Waals surface area contributed by atoms with Gasteiger partial charge in [-0.3, -0.25) is 14.3 Å². The molecule has 3 aliphatic heterocycles. The number of aromatic nitrogens is 2. The summed E-state index contributed by atoms with van der Waals surface area (Å²) in [6.45, 7) is 2.64. The Morgan fingerprint density at radius 1 is 1.24 bits per heavy atom. The topological polar surface area (TPSA) is 115 Å². The first-order valence-corrected chi connectivity index (χ1v) is 12.2. The smallest absolute Gasteiger partial charge is 0.330 e. The van der Waals surface area contributed by atoms with Gasteiger partial charge in [-0.25, -0.2) is 9.46 Å². The first-order valence-electron chi connectivity index (χ1n) is 11.0. The highest BCUT2D eigenvalue weighted by Crippen LogP contribution is 2.64. The average molecular weight is 477 g/mol. The summed E-state index contributed by atoms with van der Waals surface area (Å²) in [4.78, 5) is 26.1. The summed E-state index contributed by atoms with van der Waals surface area (Å²) >= 11 is 0. The van der Waals surface area contributed by atoms with Crippen molar-refractivity contribution >= 4 is 8.53 Å². The molecular formula is C22H28N3O7P. The van der Waals surface area contributed by atoms with Crippen LogP contribution in [-0.4, -0.2) is 63.9 Å². The molecule has 33 heavy (non-hydrogen) atoms. The van der Waals surface area contributed by atoms with E-state index in [1.807, 2.05) is 18.2 Å². The second-order valence-electron chi connectivity index (χ2n) is 8.66. The van der Waals surface area contributed by atoms with E-state index < -0.39 is 49.9 Å². The van der Waals surface area contributed by atoms with Crippen molar-refractivity contribution in [1.82, 2.24) is 14.2 Å². The van der Waals surface area contributed by atoms with E-state index in [0.29, 0.717) is 0 Å². The molecule has 3 aliphatic rings. The molecule has 3 saturated heterocycles. The Labute approximate surface area is 192 Å². The van der Waals surface area contributed by atoms with Gasteiger partial charge in [0.1, 0.15) is 23.9 Å². The van der Waals surface area contributed by atoms with Crippen molar-refractivity contribution in [3.05, 3.63) is 69.0 Å². The molecule has 7 atom stereocenters. The number of H-pyrrole nitrogens is 1. The summed E-state index contributed by atoms with van der Waals surface area (Å²) in [6.07, 6.45) is 0.446. The van der Waals surface area contributed by atoms with Crippen LogP contribution < -0.4 is 11.2 Å². The second-order valence-corrected chi connectivity index (χ2v) is 10.0. The zero-order chi connectivity index (χ0) is 23.2. The first kappa shape index (κ1) is 22.9. The summed E-state index contributed by atoms with van der Waals surface area (Å²) < 4.78 is 28.3. The number of methoxy groups -OCH3 is 1. The fraction of sp³-hybridized carbons (Fsp3) is 0.545. The van der Waals surface area contributed by atoms with Gasteiger partial charge in [0.2, 0.25) is 0 Å². The summed E-state index contributed by atoms with van der Waals surface area (Å²) in [5.74, 6) is 0. The molecule has 3 fully saturated rings. The van der Waals surface area contributed by atoms with Gasteiger partial charge < -0.3 is 23.6 Å². The highest BCUT2D eigenvalue weighted by atomic mass is 31.2. The molecule has 178 valence electrons. The number of hydrogen-bond donors (Lipinski definition) is 2. The number of hydrogen-bond acceptors (Lipinski definition) is 8. The molecule has 4 heterocycles. The van der Waals surface area contributed by atoms with Gasteiger partial charge in [0.05, 0.1) is 12.6 Å². The molecule has 1 aromatic heterocycles. The molecule has 0 bridgehead atoms. The Kier molecular flexibility index (Phi) is 6.26. The Balaban J connectivity index is 1.43. The molecular weight excluding hydrogens is 449 g/mol. The van der Waals surface area contributed by atoms with E-state index >= 15 is 0 Å². The van der Waals surface area contributed by atoms with E-state index in [2.05, 4.69) is 28.7 Å². The number of nitrogens with zero attached hydrogens (tertiary/aromatic N) is 2. The summed E-state index contributed by atoms with van der Waals surface area (Å²) in [5, 5.41) is 10.0. The molecule has 5 rings (SSSR count). The largest absolute Gasteiger partial charge is 0.394 e. The molecule has 0 amide bonds. The van der Waals surface area contributed by atoms with Crippen molar-refractivity contribution < 1.29 is 23.6 Å². The van der Waals surface area contributed by atoms with Crippen LogP contribution in [0, 0.1) is 0 Å². The maximum absolute atomic E-state index is 12.4. The summed E-state index contributed by atoms with van der Waals surface area (Å²) in [7, 11) is 0.0469. The monoisotopic (exact) mass is 477 g/mol. The predicted molar refractivity (Wildman–Crippen MR) is 120 cm³/mol. The highest BCUT2D eigenvalue weighted by Gasteiger charge is 2.57. The highest BCUT2D eigenvalue weighted by molar-refractivity contribution is 7.45. The predicted octanol–water partition coefficient (Wildman–Crippen LogP) is 1.46. The minimum atomic E-state index is -1.46. The first-order chi connectivity index (χ1) is 16.0. The molecule has 1 aromatic carbocycles. The lowest BCUT2D eigenvalue weighted by Crippen LogP contribution is -2.40. The summed E-state index contributed by atoms with van der Waals surface area (Å²) in [6, 6.07) is 11.6. The van der Waals surface area contributed by atoms with Gasteiger partial charge >= 0.3 is 5.69 Å². The van der Waals surface area contributed by atoms with Crippen molar-refractivity contribution in [2.24, 2.45) is 0 Å². The number of fused-ring (bicyclic) bond motifs is 1. The zero-order valence-electron chi connectivity index (χ0n) is 18.5. The van der Waals surface area contributed by atoms with Crippen molar-refractivity contribution in [2.45, 2.75) is 55.9 Å². The Hall–Kier alpha value is -1.91. The number of aliphatic hydroxyl groups excluding tert-OH is 1. The normalized spacial score (nSPS) is 36.3. The van der Waals surface area contributed by atoms with Gasteiger partial charge in [-0.05, 0) is 25.3 Å². The maximum atomic E-state index is 12.4. The van der Waals surface area contributed by atoms with Crippen LogP contribution in [0.4, 0.5) is 0 Å². The minimum Gasteiger partial charge on any atom is -0.394 e. The lowest BCUT2D eigenvalue weighted by atomic mass is 9.87. The fourth-order valence-electron chi connectivity index (χ4n) is 5.07. The maximum Gasteiger partial charge on any atom is 0.330 e. The van der Waals surface area contributed by atoms with Gasteiger partial charge in [0.25, 0.3) is 14.1 Å². The van der Waals surface area contributed by atoms with Gasteiger partial charge in [-0.2, -0.15) is 0 Å². The zero-order valence-corrected chi connectivity index (χ0v) is 19.4. The molecule has 0 spiro atoms. The molecule has 2 N–H and O–H groups in total. The molecule has 10 nitrogen and oxygen atoms in total. The van der Waals surface area contributed by atoms with Crippen LogP contribution in [0.15, 0.2) is 52.2 Å². The quantitative estimate of drug-likeness (QED) is 0.601. The average Bonchev–Trinajstić information content (AvgIpc) is 3.50. The van der Waals surface area contributed by atoms with Crippen LogP contribution in [0.3, 0.4) is 0 Å². The molecule has 0 radical (unpaired) electrons. The molecule has 0 saturated carbocycles. The van der Waals surface area contributed by atoms with Crippen LogP contribution in [0.5, 0.6) is 0 Å². The van der Waals surface area contributed by atoms with Gasteiger partial charge in [0, 0.05) is 25.9 Å². The lowest BCUT2D eigenvalue weighted by Gasteiger charge is -2.29. The van der Waals surface area contributed by atoms with Crippen LogP contribution in [-0.2, 0) is 24.1 Å². The Morgan fingerprint density at radius 2 is 2.03 bits per heavy atom. The summed E-state index contributed by atoms with van der Waals surface area (Å²) in [5.41, 5.74) is -0.545. The van der Waals surface area contributed by atoms with Crippen LogP contribution in [0.1, 0.15) is 31.6 Å². The van der Waals surface area contributed by atoms with E-state index in [1.54, 1.807) is 0 Å². The third kappa shape index (κ3) is 3.89. The van der Waals surface area contributed by atoms with E-state index in [1.165, 1.54) is 23.9 Å². The molecule has 1 unspecified atom stereocenters. The Bertz CT molecular complexity index is 1100. The SMILES string of the molecule is CO[C@H]1C(O[P@@]2O[C@@](C)(c3ccccc3)[C@H]3CCCN32)[C@@H](CO)O[C@H]1n1ccc(=O)[nH]c1=O. The van der Waals surface area contributed by atoms with Crippen LogP contribution in [0.25, 0.3) is 0 Å². The van der Waals surface area contributed by atoms with Gasteiger partial charge in [0.15, 0.2) is 6.23 Å². The van der Waals surface area contributed by atoms with Crippen molar-refractivity contribution in [3.8, 4) is 0 Å². The standard InChI is InChI=1S/C22H28N3O7P/c1-22(14-7-4-3-5-8-14)16-9-6-11-25(16)33(32-22)31-18-15(13-26)30-20(19(18)29-2)24-12-10-17(27)23-21(24)28/h3-5,7-8,10,12,15-16,18-20,26H,6,9,11,13H2,1-2H3,(H,23,27,28)/t15-,16-,18?,19+,20-,22+,33+/m1/s1. The van der Waals surface area contributed by atoms with E-state index in [9.17, 15) is 14.7 Å². The molecule has 2 aromatic rings. The fourth-order valence-corrected chi connectivity index (χ4v) is 7.22. The lowest BCUT2D eigenvalue weighted by molar-refractivity contribution is -0.0625. The Morgan fingerprint density at radius 3 is 2.73 bits per heavy atom. The molecule has 0 aliphatic carbocycles. The number of aromatic amines is 1. The van der Waals surface area contributed by atoms with Gasteiger partial charge in [-0.1, -0.05) is 30.3 Å². The third-order valence-corrected chi connectivity index (χ3v) is 8.62. The van der Waals surface area contributed by atoms with Crippen molar-refractivity contribution in [1.29, 1.82) is 0 Å². The van der Waals surface area contributed by atoms with Crippen LogP contribution in [0.2, 0.25) is 0 Å². The third-order valence-electron chi connectivity index (χ3n) is 6.76. The number of benzene rings is 1. The van der Waals surface area contributed by atoms with E-state index in [0.717, 1.165) is 24.9 Å². The second kappa shape index (κ2) is 9.03. The number of nitrogens with one attached hydrogen (secondary N) is 1. The molecule has 11 heteroatoms. The van der Waals surface area contributed by atoms with E-state index in [4.69, 9.17) is 18.5 Å². The minimum absolute atomic E-state index is 0.180. The van der Waals surface area contributed by atoms with Gasteiger partial charge in [-0.15, -0.1) is 0 Å². The van der Waals surface area contributed by atoms with E-state index in [-0.39, 0.29) is 12.6 Å². The number of rotatable bonds is 6. The van der Waals surface area contributed by atoms with Crippen LogP contribution >= 0.6 is 8.53 Å². The van der Waals surface area contributed by atoms with Crippen molar-refractivity contribution in [3.63, 3.8) is 0 Å².